The van der Waals surface area contributed by atoms with Crippen LogP contribution in [-0.2, 0) is 0 Å². The number of aryl methyl sites for hydroxylation is 1. The molecule has 2 fully saturated rings. The first-order valence-corrected chi connectivity index (χ1v) is 7.58. The molecule has 0 bridgehead atoms. The third-order valence-electron chi connectivity index (χ3n) is 4.92. The number of carbonyl (C=O) groups is 1. The molecular weight excluding hydrogens is 254 g/mol. The lowest BCUT2D eigenvalue weighted by molar-refractivity contribution is 0.0744. The summed E-state index contributed by atoms with van der Waals surface area (Å²) >= 11 is 0. The van der Waals surface area contributed by atoms with Crippen molar-refractivity contribution >= 4 is 5.91 Å². The van der Waals surface area contributed by atoms with Crippen molar-refractivity contribution in [1.29, 1.82) is 0 Å². The predicted molar refractivity (Wildman–Crippen MR) is 75.4 cm³/mol. The van der Waals surface area contributed by atoms with E-state index in [-0.39, 0.29) is 5.91 Å². The van der Waals surface area contributed by atoms with Crippen LogP contribution in [-0.4, -0.2) is 52.4 Å². The van der Waals surface area contributed by atoms with Crippen molar-refractivity contribution in [2.45, 2.75) is 39.0 Å². The van der Waals surface area contributed by atoms with E-state index < -0.39 is 0 Å². The molecule has 1 spiro atoms. The molecule has 2 aliphatic rings. The molecule has 6 heteroatoms. The van der Waals surface area contributed by atoms with Crippen LogP contribution in [0.5, 0.6) is 0 Å². The van der Waals surface area contributed by atoms with Crippen LogP contribution in [0.3, 0.4) is 0 Å². The second kappa shape index (κ2) is 5.52. The van der Waals surface area contributed by atoms with E-state index in [0.29, 0.717) is 16.8 Å². The van der Waals surface area contributed by atoms with Crippen LogP contribution in [0.2, 0.25) is 0 Å². The van der Waals surface area contributed by atoms with Gasteiger partial charge >= 0.3 is 0 Å². The molecule has 0 unspecified atom stereocenters. The highest BCUT2D eigenvalue weighted by Crippen LogP contribution is 2.39. The largest absolute Gasteiger partial charge is 0.337 e. The summed E-state index contributed by atoms with van der Waals surface area (Å²) in [5.74, 6) is 0.0298. The molecule has 0 saturated carbocycles. The number of aromatic nitrogens is 3. The van der Waals surface area contributed by atoms with Gasteiger partial charge < -0.3 is 10.2 Å². The Morgan fingerprint density at radius 2 is 1.95 bits per heavy atom. The summed E-state index contributed by atoms with van der Waals surface area (Å²) in [6, 6.07) is 0. The van der Waals surface area contributed by atoms with E-state index in [1.807, 2.05) is 11.8 Å². The second-order valence-electron chi connectivity index (χ2n) is 6.15. The minimum atomic E-state index is 0.0298. The predicted octanol–water partition coefficient (Wildman–Crippen LogP) is 1.11. The molecule has 2 saturated heterocycles. The van der Waals surface area contributed by atoms with Crippen molar-refractivity contribution in [3.63, 3.8) is 0 Å². The molecule has 20 heavy (non-hydrogen) atoms. The van der Waals surface area contributed by atoms with Gasteiger partial charge in [-0.15, -0.1) is 0 Å². The molecule has 1 amide bonds. The first-order chi connectivity index (χ1) is 9.70. The van der Waals surface area contributed by atoms with Crippen molar-refractivity contribution in [1.82, 2.24) is 25.6 Å². The molecule has 2 aliphatic heterocycles. The zero-order chi connectivity index (χ0) is 14.0. The summed E-state index contributed by atoms with van der Waals surface area (Å²) < 4.78 is 0. The van der Waals surface area contributed by atoms with Gasteiger partial charge in [-0.3, -0.25) is 4.79 Å². The first-order valence-electron chi connectivity index (χ1n) is 7.58. The average molecular weight is 277 g/mol. The Balaban J connectivity index is 1.68. The highest BCUT2D eigenvalue weighted by molar-refractivity contribution is 5.93. The number of nitrogens with zero attached hydrogens (tertiary/aromatic N) is 3. The van der Waals surface area contributed by atoms with E-state index in [9.17, 15) is 4.79 Å². The van der Waals surface area contributed by atoms with Crippen molar-refractivity contribution in [3.05, 3.63) is 11.4 Å². The minimum Gasteiger partial charge on any atom is -0.337 e. The zero-order valence-corrected chi connectivity index (χ0v) is 12.1. The fraction of sp³-hybridized carbons (Fsp3) is 0.786. The van der Waals surface area contributed by atoms with E-state index in [2.05, 4.69) is 20.7 Å². The number of H-pyrrole nitrogens is 1. The van der Waals surface area contributed by atoms with Gasteiger partial charge in [0.25, 0.3) is 5.91 Å². The van der Waals surface area contributed by atoms with Gasteiger partial charge in [0, 0.05) is 13.1 Å². The van der Waals surface area contributed by atoms with Crippen LogP contribution < -0.4 is 5.32 Å². The van der Waals surface area contributed by atoms with Gasteiger partial charge in [0.15, 0.2) is 5.69 Å². The van der Waals surface area contributed by atoms with Crippen molar-refractivity contribution in [3.8, 4) is 0 Å². The van der Waals surface area contributed by atoms with Crippen LogP contribution in [0.15, 0.2) is 0 Å². The third kappa shape index (κ3) is 2.57. The lowest BCUT2D eigenvalue weighted by Crippen LogP contribution is -2.38. The number of amides is 1. The standard InChI is InChI=1S/C14H23N5O/c1-11-12(17-18-16-11)13(20)19-9-2-3-14(6-10-19)4-7-15-8-5-14/h15H,2-10H2,1H3,(H,16,17,18). The van der Waals surface area contributed by atoms with Gasteiger partial charge in [0.05, 0.1) is 5.69 Å². The monoisotopic (exact) mass is 277 g/mol. The molecule has 3 heterocycles. The van der Waals surface area contributed by atoms with Crippen LogP contribution in [0.25, 0.3) is 0 Å². The number of likely N-dealkylation sites (tertiary alicyclic amines) is 1. The topological polar surface area (TPSA) is 73.9 Å². The van der Waals surface area contributed by atoms with Crippen LogP contribution in [0, 0.1) is 12.3 Å². The molecule has 3 rings (SSSR count). The summed E-state index contributed by atoms with van der Waals surface area (Å²) in [6.07, 6.45) is 5.96. The number of aromatic amines is 1. The van der Waals surface area contributed by atoms with Gasteiger partial charge in [-0.1, -0.05) is 0 Å². The van der Waals surface area contributed by atoms with Gasteiger partial charge in [-0.05, 0) is 57.5 Å². The van der Waals surface area contributed by atoms with E-state index in [0.717, 1.165) is 39.0 Å². The van der Waals surface area contributed by atoms with Gasteiger partial charge in [-0.25, -0.2) is 0 Å². The van der Waals surface area contributed by atoms with Gasteiger partial charge in [0.2, 0.25) is 0 Å². The van der Waals surface area contributed by atoms with E-state index in [1.165, 1.54) is 19.3 Å². The smallest absolute Gasteiger partial charge is 0.276 e. The molecule has 2 N–H and O–H groups in total. The summed E-state index contributed by atoms with van der Waals surface area (Å²) in [5.41, 5.74) is 1.63. The van der Waals surface area contributed by atoms with Crippen molar-refractivity contribution in [2.24, 2.45) is 5.41 Å². The fourth-order valence-electron chi connectivity index (χ4n) is 3.55. The molecule has 110 valence electrons. The highest BCUT2D eigenvalue weighted by Gasteiger charge is 2.35. The second-order valence-corrected chi connectivity index (χ2v) is 6.15. The molecule has 0 atom stereocenters. The van der Waals surface area contributed by atoms with E-state index in [4.69, 9.17) is 0 Å². The fourth-order valence-corrected chi connectivity index (χ4v) is 3.55. The summed E-state index contributed by atoms with van der Waals surface area (Å²) in [4.78, 5) is 14.5. The summed E-state index contributed by atoms with van der Waals surface area (Å²) in [6.45, 7) is 5.76. The van der Waals surface area contributed by atoms with Crippen LogP contribution >= 0.6 is 0 Å². The third-order valence-corrected chi connectivity index (χ3v) is 4.92. The Morgan fingerprint density at radius 3 is 2.65 bits per heavy atom. The quantitative estimate of drug-likeness (QED) is 0.806. The maximum Gasteiger partial charge on any atom is 0.276 e. The van der Waals surface area contributed by atoms with E-state index >= 15 is 0 Å². The molecule has 1 aromatic rings. The number of carbonyl (C=O) groups excluding carboxylic acids is 1. The molecule has 0 radical (unpaired) electrons. The normalized spacial score (nSPS) is 22.8. The van der Waals surface area contributed by atoms with Crippen molar-refractivity contribution in [2.75, 3.05) is 26.2 Å². The lowest BCUT2D eigenvalue weighted by Gasteiger charge is -2.36. The highest BCUT2D eigenvalue weighted by atomic mass is 16.2. The first kappa shape index (κ1) is 13.5. The van der Waals surface area contributed by atoms with Gasteiger partial charge in [-0.2, -0.15) is 15.4 Å². The Morgan fingerprint density at radius 1 is 1.15 bits per heavy atom. The maximum atomic E-state index is 12.5. The number of nitrogens with one attached hydrogen (secondary N) is 2. The zero-order valence-electron chi connectivity index (χ0n) is 12.1. The minimum absolute atomic E-state index is 0.0298. The Labute approximate surface area is 119 Å². The Kier molecular flexibility index (Phi) is 3.74. The maximum absolute atomic E-state index is 12.5. The van der Waals surface area contributed by atoms with Crippen molar-refractivity contribution < 1.29 is 4.79 Å². The number of piperidine rings is 1. The molecular formula is C14H23N5O. The van der Waals surface area contributed by atoms with Gasteiger partial charge in [0.1, 0.15) is 0 Å². The lowest BCUT2D eigenvalue weighted by atomic mass is 9.73. The molecule has 6 nitrogen and oxygen atoms in total. The number of hydrogen-bond donors (Lipinski definition) is 2. The SMILES string of the molecule is Cc1n[nH]nc1C(=O)N1CCCC2(CCNCC2)CC1. The summed E-state index contributed by atoms with van der Waals surface area (Å²) in [7, 11) is 0. The molecule has 1 aromatic heterocycles. The Bertz CT molecular complexity index is 478. The van der Waals surface area contributed by atoms with E-state index in [1.54, 1.807) is 0 Å². The van der Waals surface area contributed by atoms with Crippen LogP contribution in [0.4, 0.5) is 0 Å². The van der Waals surface area contributed by atoms with Crippen LogP contribution in [0.1, 0.15) is 48.3 Å². The Hall–Kier alpha value is -1.43. The molecule has 0 aliphatic carbocycles. The molecule has 0 aromatic carbocycles. The average Bonchev–Trinajstić information content (AvgIpc) is 2.79. The number of rotatable bonds is 1. The summed E-state index contributed by atoms with van der Waals surface area (Å²) in [5, 5.41) is 13.9. The number of hydrogen-bond acceptors (Lipinski definition) is 4.